The van der Waals surface area contributed by atoms with Crippen LogP contribution in [0.5, 0.6) is 5.75 Å². The van der Waals surface area contributed by atoms with Crippen LogP contribution in [0.3, 0.4) is 0 Å². The number of phenols is 1. The molecule has 2 rings (SSSR count). The van der Waals surface area contributed by atoms with Crippen LogP contribution in [-0.4, -0.2) is 10.1 Å². The molecular weight excluding hydrogens is 222 g/mol. The number of benzene rings is 1. The van der Waals surface area contributed by atoms with Crippen LogP contribution in [0.25, 0.3) is 11.1 Å². The average Bonchev–Trinajstić information content (AvgIpc) is 2.34. The van der Waals surface area contributed by atoms with Gasteiger partial charge in [-0.25, -0.2) is 0 Å². The van der Waals surface area contributed by atoms with Crippen molar-refractivity contribution in [2.24, 2.45) is 0 Å². The predicted octanol–water partition coefficient (Wildman–Crippen LogP) is 4.13. The van der Waals surface area contributed by atoms with Gasteiger partial charge < -0.3 is 5.11 Å². The van der Waals surface area contributed by atoms with Crippen LogP contribution in [0.1, 0.15) is 13.8 Å². The molecule has 0 aliphatic rings. The van der Waals surface area contributed by atoms with Crippen LogP contribution in [0.4, 0.5) is 0 Å². The molecule has 2 aromatic rings. The third kappa shape index (κ3) is 2.74. The number of rotatable bonds is 1. The Bertz CT molecular complexity index is 414. The Labute approximate surface area is 101 Å². The summed E-state index contributed by atoms with van der Waals surface area (Å²) in [4.78, 5) is 3.89. The monoisotopic (exact) mass is 235 g/mol. The highest BCUT2D eigenvalue weighted by atomic mass is 35.5. The maximum atomic E-state index is 9.61. The van der Waals surface area contributed by atoms with Crippen LogP contribution in [0.15, 0.2) is 42.7 Å². The van der Waals surface area contributed by atoms with Gasteiger partial charge in [-0.05, 0) is 12.1 Å². The van der Waals surface area contributed by atoms with Crippen molar-refractivity contribution in [1.82, 2.24) is 4.98 Å². The molecular formula is C13H14ClNO. The van der Waals surface area contributed by atoms with Crippen LogP contribution in [0.2, 0.25) is 5.02 Å². The zero-order chi connectivity index (χ0) is 12.0. The van der Waals surface area contributed by atoms with Gasteiger partial charge in [-0.2, -0.15) is 0 Å². The van der Waals surface area contributed by atoms with Crippen molar-refractivity contribution in [3.63, 3.8) is 0 Å². The van der Waals surface area contributed by atoms with Crippen molar-refractivity contribution < 1.29 is 5.11 Å². The number of hydrogen-bond acceptors (Lipinski definition) is 2. The first-order valence-electron chi connectivity index (χ1n) is 5.17. The minimum atomic E-state index is 0.223. The quantitative estimate of drug-likeness (QED) is 0.806. The first-order chi connectivity index (χ1) is 7.79. The van der Waals surface area contributed by atoms with Gasteiger partial charge in [0.15, 0.2) is 0 Å². The standard InChI is InChI=1S/C11H8ClNO.C2H6/c12-10-7-13-6-5-8(10)9-3-1-2-4-11(9)14;1-2/h1-7,14H;1-2H3. The minimum absolute atomic E-state index is 0.223. The van der Waals surface area contributed by atoms with E-state index in [2.05, 4.69) is 4.98 Å². The normalized spacial score (nSPS) is 9.19. The third-order valence-electron chi connectivity index (χ3n) is 1.97. The number of pyridine rings is 1. The Morgan fingerprint density at radius 1 is 1.06 bits per heavy atom. The van der Waals surface area contributed by atoms with Gasteiger partial charge in [0.25, 0.3) is 0 Å². The van der Waals surface area contributed by atoms with E-state index in [9.17, 15) is 5.11 Å². The van der Waals surface area contributed by atoms with Crippen molar-refractivity contribution in [1.29, 1.82) is 0 Å². The Balaban J connectivity index is 0.000000606. The van der Waals surface area contributed by atoms with E-state index in [0.29, 0.717) is 5.02 Å². The number of halogens is 1. The number of aromatic hydroxyl groups is 1. The fourth-order valence-corrected chi connectivity index (χ4v) is 1.52. The number of nitrogens with zero attached hydrogens (tertiary/aromatic N) is 1. The molecule has 1 N–H and O–H groups in total. The van der Waals surface area contributed by atoms with E-state index in [0.717, 1.165) is 11.1 Å². The molecule has 0 aliphatic carbocycles. The number of aromatic nitrogens is 1. The van der Waals surface area contributed by atoms with E-state index in [1.54, 1.807) is 30.6 Å². The molecule has 0 unspecified atom stereocenters. The Kier molecular flexibility index (Phi) is 4.80. The molecule has 0 saturated carbocycles. The molecule has 16 heavy (non-hydrogen) atoms. The highest BCUT2D eigenvalue weighted by Gasteiger charge is 2.06. The second kappa shape index (κ2) is 6.13. The second-order valence-corrected chi connectivity index (χ2v) is 3.28. The maximum Gasteiger partial charge on any atom is 0.123 e. The molecule has 0 spiro atoms. The third-order valence-corrected chi connectivity index (χ3v) is 2.27. The molecule has 0 amide bonds. The summed E-state index contributed by atoms with van der Waals surface area (Å²) in [5.41, 5.74) is 1.51. The van der Waals surface area contributed by atoms with Crippen LogP contribution >= 0.6 is 11.6 Å². The van der Waals surface area contributed by atoms with E-state index < -0.39 is 0 Å². The first-order valence-corrected chi connectivity index (χ1v) is 5.54. The van der Waals surface area contributed by atoms with E-state index in [1.807, 2.05) is 26.0 Å². The van der Waals surface area contributed by atoms with Crippen LogP contribution < -0.4 is 0 Å². The topological polar surface area (TPSA) is 33.1 Å². The van der Waals surface area contributed by atoms with Crippen LogP contribution in [-0.2, 0) is 0 Å². The predicted molar refractivity (Wildman–Crippen MR) is 67.7 cm³/mol. The molecule has 1 heterocycles. The van der Waals surface area contributed by atoms with Gasteiger partial charge in [0, 0.05) is 23.5 Å². The second-order valence-electron chi connectivity index (χ2n) is 2.87. The molecule has 1 aromatic heterocycles. The van der Waals surface area contributed by atoms with Gasteiger partial charge in [0.05, 0.1) is 5.02 Å². The van der Waals surface area contributed by atoms with Gasteiger partial charge in [-0.3, -0.25) is 4.98 Å². The van der Waals surface area contributed by atoms with Gasteiger partial charge in [-0.1, -0.05) is 43.6 Å². The Morgan fingerprint density at radius 2 is 1.75 bits per heavy atom. The zero-order valence-electron chi connectivity index (χ0n) is 9.31. The molecule has 3 heteroatoms. The summed E-state index contributed by atoms with van der Waals surface area (Å²) in [7, 11) is 0. The average molecular weight is 236 g/mol. The summed E-state index contributed by atoms with van der Waals surface area (Å²) in [6, 6.07) is 8.85. The molecule has 1 aromatic carbocycles. The highest BCUT2D eigenvalue weighted by Crippen LogP contribution is 2.32. The van der Waals surface area contributed by atoms with Gasteiger partial charge in [0.1, 0.15) is 5.75 Å². The SMILES string of the molecule is CC.Oc1ccccc1-c1ccncc1Cl. The number of hydrogen-bond donors (Lipinski definition) is 1. The molecule has 0 fully saturated rings. The van der Waals surface area contributed by atoms with E-state index in [1.165, 1.54) is 0 Å². The Morgan fingerprint density at radius 3 is 2.38 bits per heavy atom. The largest absolute Gasteiger partial charge is 0.507 e. The zero-order valence-corrected chi connectivity index (χ0v) is 10.1. The lowest BCUT2D eigenvalue weighted by atomic mass is 10.1. The van der Waals surface area contributed by atoms with E-state index in [4.69, 9.17) is 11.6 Å². The van der Waals surface area contributed by atoms with Gasteiger partial charge in [0.2, 0.25) is 0 Å². The first kappa shape index (κ1) is 12.5. The van der Waals surface area contributed by atoms with E-state index in [-0.39, 0.29) is 5.75 Å². The molecule has 0 saturated heterocycles. The summed E-state index contributed by atoms with van der Waals surface area (Å²) in [5.74, 6) is 0.223. The summed E-state index contributed by atoms with van der Waals surface area (Å²) in [5, 5.41) is 10.1. The summed E-state index contributed by atoms with van der Waals surface area (Å²) in [6.45, 7) is 4.00. The summed E-state index contributed by atoms with van der Waals surface area (Å²) >= 11 is 5.96. The lowest BCUT2D eigenvalue weighted by Gasteiger charge is -2.05. The fraction of sp³-hybridized carbons (Fsp3) is 0.154. The number of para-hydroxylation sites is 1. The van der Waals surface area contributed by atoms with Crippen molar-refractivity contribution >= 4 is 11.6 Å². The van der Waals surface area contributed by atoms with Crippen molar-refractivity contribution in [2.45, 2.75) is 13.8 Å². The molecule has 84 valence electrons. The van der Waals surface area contributed by atoms with E-state index >= 15 is 0 Å². The molecule has 0 atom stereocenters. The lowest BCUT2D eigenvalue weighted by Crippen LogP contribution is -1.81. The highest BCUT2D eigenvalue weighted by molar-refractivity contribution is 6.33. The lowest BCUT2D eigenvalue weighted by molar-refractivity contribution is 0.477. The fourth-order valence-electron chi connectivity index (χ4n) is 1.30. The maximum absolute atomic E-state index is 9.61. The van der Waals surface area contributed by atoms with Crippen molar-refractivity contribution in [3.05, 3.63) is 47.7 Å². The van der Waals surface area contributed by atoms with Gasteiger partial charge in [-0.15, -0.1) is 0 Å². The number of phenolic OH excluding ortho intramolecular Hbond substituents is 1. The van der Waals surface area contributed by atoms with Crippen molar-refractivity contribution in [3.8, 4) is 16.9 Å². The summed E-state index contributed by atoms with van der Waals surface area (Å²) in [6.07, 6.45) is 3.21. The smallest absolute Gasteiger partial charge is 0.123 e. The Hall–Kier alpha value is -1.54. The molecule has 0 bridgehead atoms. The molecule has 2 nitrogen and oxygen atoms in total. The van der Waals surface area contributed by atoms with Crippen LogP contribution in [0, 0.1) is 0 Å². The van der Waals surface area contributed by atoms with Crippen molar-refractivity contribution in [2.75, 3.05) is 0 Å². The summed E-state index contributed by atoms with van der Waals surface area (Å²) < 4.78 is 0. The molecule has 0 radical (unpaired) electrons. The molecule has 0 aliphatic heterocycles. The van der Waals surface area contributed by atoms with Gasteiger partial charge >= 0.3 is 0 Å². The minimum Gasteiger partial charge on any atom is -0.507 e.